The molecule has 0 unspecified atom stereocenters. The van der Waals surface area contributed by atoms with Gasteiger partial charge >= 0.3 is 0 Å². The fourth-order valence-corrected chi connectivity index (χ4v) is 3.74. The smallest absolute Gasteiger partial charge is 0.257 e. The number of hydrogen-bond acceptors (Lipinski definition) is 3. The summed E-state index contributed by atoms with van der Waals surface area (Å²) in [7, 11) is 0. The zero-order valence-electron chi connectivity index (χ0n) is 16.1. The number of anilines is 2. The van der Waals surface area contributed by atoms with Crippen molar-refractivity contribution in [2.45, 2.75) is 33.2 Å². The SMILES string of the molecule is Cc1cc(C(=O)Nc2ccccc2N2CCCC2=O)c(C)n1Cc1ccco1. The Morgan fingerprint density at radius 1 is 1.18 bits per heavy atom. The molecule has 4 rings (SSSR count). The van der Waals surface area contributed by atoms with Crippen LogP contribution in [0.4, 0.5) is 11.4 Å². The summed E-state index contributed by atoms with van der Waals surface area (Å²) in [6.07, 6.45) is 3.04. The lowest BCUT2D eigenvalue weighted by Crippen LogP contribution is -2.25. The number of benzene rings is 1. The summed E-state index contributed by atoms with van der Waals surface area (Å²) >= 11 is 0. The molecule has 0 saturated carbocycles. The van der Waals surface area contributed by atoms with Gasteiger partial charge in [0.05, 0.1) is 29.7 Å². The van der Waals surface area contributed by atoms with E-state index in [0.29, 0.717) is 30.8 Å². The Labute approximate surface area is 163 Å². The molecule has 6 nitrogen and oxygen atoms in total. The molecule has 1 aliphatic heterocycles. The van der Waals surface area contributed by atoms with Crippen LogP contribution in [0, 0.1) is 13.8 Å². The molecule has 0 aliphatic carbocycles. The molecule has 3 aromatic rings. The molecule has 0 spiro atoms. The van der Waals surface area contributed by atoms with E-state index in [1.807, 2.05) is 56.3 Å². The van der Waals surface area contributed by atoms with Crippen LogP contribution in [0.15, 0.2) is 53.1 Å². The third-order valence-electron chi connectivity index (χ3n) is 5.23. The lowest BCUT2D eigenvalue weighted by molar-refractivity contribution is -0.117. The van der Waals surface area contributed by atoms with E-state index in [1.165, 1.54) is 0 Å². The van der Waals surface area contributed by atoms with Crippen LogP contribution in [0.25, 0.3) is 0 Å². The fraction of sp³-hybridized carbons (Fsp3) is 0.273. The van der Waals surface area contributed by atoms with E-state index in [-0.39, 0.29) is 11.8 Å². The molecule has 0 radical (unpaired) electrons. The first-order valence-corrected chi connectivity index (χ1v) is 9.44. The van der Waals surface area contributed by atoms with Crippen LogP contribution in [0.5, 0.6) is 0 Å². The van der Waals surface area contributed by atoms with E-state index < -0.39 is 0 Å². The zero-order chi connectivity index (χ0) is 19.7. The Kier molecular flexibility index (Phi) is 4.77. The molecule has 144 valence electrons. The molecule has 0 atom stereocenters. The molecular weight excluding hydrogens is 354 g/mol. The van der Waals surface area contributed by atoms with Crippen molar-refractivity contribution in [3.63, 3.8) is 0 Å². The van der Waals surface area contributed by atoms with Crippen LogP contribution in [0.2, 0.25) is 0 Å². The van der Waals surface area contributed by atoms with Crippen LogP contribution in [0.3, 0.4) is 0 Å². The van der Waals surface area contributed by atoms with Crippen molar-refractivity contribution in [1.29, 1.82) is 0 Å². The standard InChI is InChI=1S/C22H23N3O3/c1-15-13-18(16(2)25(15)14-17-7-6-12-28-17)22(27)23-19-8-3-4-9-20(19)24-11-5-10-21(24)26/h3-4,6-9,12-13H,5,10-11,14H2,1-2H3,(H,23,27). The van der Waals surface area contributed by atoms with Gasteiger partial charge in [-0.2, -0.15) is 0 Å². The molecule has 2 amide bonds. The Morgan fingerprint density at radius 3 is 2.71 bits per heavy atom. The van der Waals surface area contributed by atoms with Gasteiger partial charge in [0.1, 0.15) is 5.76 Å². The minimum absolute atomic E-state index is 0.0957. The molecule has 2 aromatic heterocycles. The molecule has 1 saturated heterocycles. The highest BCUT2D eigenvalue weighted by Gasteiger charge is 2.25. The Bertz CT molecular complexity index is 1020. The lowest BCUT2D eigenvalue weighted by Gasteiger charge is -2.20. The van der Waals surface area contributed by atoms with Gasteiger partial charge in [-0.25, -0.2) is 0 Å². The first kappa shape index (κ1) is 18.1. The third-order valence-corrected chi connectivity index (χ3v) is 5.23. The molecule has 1 fully saturated rings. The summed E-state index contributed by atoms with van der Waals surface area (Å²) in [6, 6.07) is 13.1. The minimum Gasteiger partial charge on any atom is -0.467 e. The van der Waals surface area contributed by atoms with Gasteiger partial charge in [-0.15, -0.1) is 0 Å². The van der Waals surface area contributed by atoms with Crippen LogP contribution in [0.1, 0.15) is 40.3 Å². The topological polar surface area (TPSA) is 67.5 Å². The second-order valence-corrected chi connectivity index (χ2v) is 7.07. The molecule has 3 heterocycles. The maximum absolute atomic E-state index is 13.0. The highest BCUT2D eigenvalue weighted by atomic mass is 16.3. The Morgan fingerprint density at radius 2 is 2.00 bits per heavy atom. The zero-order valence-corrected chi connectivity index (χ0v) is 16.1. The van der Waals surface area contributed by atoms with Crippen LogP contribution in [-0.2, 0) is 11.3 Å². The van der Waals surface area contributed by atoms with Gasteiger partial charge < -0.3 is 19.2 Å². The van der Waals surface area contributed by atoms with Gasteiger partial charge in [0.2, 0.25) is 5.91 Å². The number of amides is 2. The predicted octanol–water partition coefficient (Wildman–Crippen LogP) is 4.13. The average molecular weight is 377 g/mol. The normalized spacial score (nSPS) is 13.9. The summed E-state index contributed by atoms with van der Waals surface area (Å²) in [5.74, 6) is 0.753. The van der Waals surface area contributed by atoms with Gasteiger partial charge in [-0.1, -0.05) is 12.1 Å². The molecule has 1 aromatic carbocycles. The highest BCUT2D eigenvalue weighted by Crippen LogP contribution is 2.30. The molecule has 1 N–H and O–H groups in total. The molecule has 28 heavy (non-hydrogen) atoms. The van der Waals surface area contributed by atoms with Gasteiger partial charge in [0.15, 0.2) is 0 Å². The third kappa shape index (κ3) is 3.33. The van der Waals surface area contributed by atoms with Crippen LogP contribution >= 0.6 is 0 Å². The molecule has 1 aliphatic rings. The number of furan rings is 1. The maximum Gasteiger partial charge on any atom is 0.257 e. The number of hydrogen-bond donors (Lipinski definition) is 1. The van der Waals surface area contributed by atoms with Gasteiger partial charge in [-0.3, -0.25) is 9.59 Å². The molecule has 6 heteroatoms. The average Bonchev–Trinajstić information content (AvgIpc) is 3.40. The minimum atomic E-state index is -0.183. The number of rotatable bonds is 5. The number of carbonyl (C=O) groups excluding carboxylic acids is 2. The fourth-order valence-electron chi connectivity index (χ4n) is 3.74. The van der Waals surface area contributed by atoms with E-state index in [1.54, 1.807) is 11.2 Å². The Hall–Kier alpha value is -3.28. The van der Waals surface area contributed by atoms with E-state index in [2.05, 4.69) is 9.88 Å². The maximum atomic E-state index is 13.0. The van der Waals surface area contributed by atoms with Crippen molar-refractivity contribution in [2.24, 2.45) is 0 Å². The van der Waals surface area contributed by atoms with E-state index in [4.69, 9.17) is 4.42 Å². The first-order valence-electron chi connectivity index (χ1n) is 9.44. The van der Waals surface area contributed by atoms with Crippen molar-refractivity contribution in [1.82, 2.24) is 4.57 Å². The number of nitrogens with one attached hydrogen (secondary N) is 1. The number of carbonyl (C=O) groups is 2. The van der Waals surface area contributed by atoms with Crippen LogP contribution in [-0.4, -0.2) is 22.9 Å². The first-order chi connectivity index (χ1) is 13.5. The highest BCUT2D eigenvalue weighted by molar-refractivity contribution is 6.08. The second kappa shape index (κ2) is 7.38. The number of aromatic nitrogens is 1. The van der Waals surface area contributed by atoms with Crippen molar-refractivity contribution < 1.29 is 14.0 Å². The number of aryl methyl sites for hydroxylation is 1. The molecular formula is C22H23N3O3. The summed E-state index contributed by atoms with van der Waals surface area (Å²) in [5, 5.41) is 2.99. The van der Waals surface area contributed by atoms with Crippen molar-refractivity contribution in [3.8, 4) is 0 Å². The second-order valence-electron chi connectivity index (χ2n) is 7.07. The number of nitrogens with zero attached hydrogens (tertiary/aromatic N) is 2. The largest absolute Gasteiger partial charge is 0.467 e. The van der Waals surface area contributed by atoms with Crippen LogP contribution < -0.4 is 10.2 Å². The van der Waals surface area contributed by atoms with E-state index >= 15 is 0 Å². The predicted molar refractivity (Wildman–Crippen MR) is 108 cm³/mol. The van der Waals surface area contributed by atoms with Gasteiger partial charge in [0.25, 0.3) is 5.91 Å². The lowest BCUT2D eigenvalue weighted by atomic mass is 10.2. The van der Waals surface area contributed by atoms with Crippen molar-refractivity contribution in [2.75, 3.05) is 16.8 Å². The summed E-state index contributed by atoms with van der Waals surface area (Å²) in [5.41, 5.74) is 3.89. The quantitative estimate of drug-likeness (QED) is 0.727. The van der Waals surface area contributed by atoms with Crippen molar-refractivity contribution in [3.05, 3.63) is 71.4 Å². The van der Waals surface area contributed by atoms with Gasteiger partial charge in [-0.05, 0) is 50.6 Å². The monoisotopic (exact) mass is 377 g/mol. The van der Waals surface area contributed by atoms with Gasteiger partial charge in [0, 0.05) is 24.4 Å². The summed E-state index contributed by atoms with van der Waals surface area (Å²) in [4.78, 5) is 26.9. The number of para-hydroxylation sites is 2. The molecule has 0 bridgehead atoms. The summed E-state index contributed by atoms with van der Waals surface area (Å²) < 4.78 is 7.50. The van der Waals surface area contributed by atoms with Crippen molar-refractivity contribution >= 4 is 23.2 Å². The summed E-state index contributed by atoms with van der Waals surface area (Å²) in [6.45, 7) is 5.17. The Balaban J connectivity index is 1.59. The van der Waals surface area contributed by atoms with E-state index in [0.717, 1.165) is 29.3 Å². The van der Waals surface area contributed by atoms with E-state index in [9.17, 15) is 9.59 Å².